The molecule has 148 valence electrons. The van der Waals surface area contributed by atoms with Gasteiger partial charge < -0.3 is 19.9 Å². The van der Waals surface area contributed by atoms with Gasteiger partial charge in [-0.2, -0.15) is 0 Å². The van der Waals surface area contributed by atoms with Gasteiger partial charge in [-0.1, -0.05) is 26.0 Å². The number of carboxylic acids is 1. The number of Topliss-reactive ketones (excluding diaryl/α,β-unsaturated/α-hetero) is 1. The van der Waals surface area contributed by atoms with Crippen molar-refractivity contribution in [3.63, 3.8) is 0 Å². The lowest BCUT2D eigenvalue weighted by atomic mass is 9.68. The molecule has 0 unspecified atom stereocenters. The molecule has 2 aliphatic heterocycles. The minimum Gasteiger partial charge on any atom is -0.478 e. The van der Waals surface area contributed by atoms with Crippen LogP contribution in [-0.4, -0.2) is 23.7 Å². The highest BCUT2D eigenvalue weighted by molar-refractivity contribution is 6.02. The largest absolute Gasteiger partial charge is 0.478 e. The standard InChI is InChI=1S/C23H21NO5/c1-23(2)9-16-21(17(25)10-23)20(12-3-5-13(6-4-12)22(26)27)14-7-18-19(29-11-28-18)8-15(14)24-16/h3-8,20,24H,9-11H2,1-2H3,(H,26,27)/t20-/m0/s1. The van der Waals surface area contributed by atoms with Crippen LogP contribution in [0.15, 0.2) is 47.7 Å². The van der Waals surface area contributed by atoms with Crippen molar-refractivity contribution in [1.29, 1.82) is 0 Å². The normalized spacial score (nSPS) is 21.3. The second-order valence-corrected chi connectivity index (χ2v) is 8.61. The number of ether oxygens (including phenoxy) is 2. The van der Waals surface area contributed by atoms with Crippen molar-refractivity contribution in [2.45, 2.75) is 32.6 Å². The summed E-state index contributed by atoms with van der Waals surface area (Å²) in [6.45, 7) is 4.37. The molecular formula is C23H21NO5. The fourth-order valence-corrected chi connectivity index (χ4v) is 4.57. The molecule has 0 bridgehead atoms. The zero-order valence-corrected chi connectivity index (χ0v) is 16.2. The highest BCUT2D eigenvalue weighted by atomic mass is 16.7. The molecule has 2 N–H and O–H groups in total. The van der Waals surface area contributed by atoms with Crippen LogP contribution in [0.5, 0.6) is 11.5 Å². The molecule has 0 amide bonds. The average Bonchev–Trinajstić information content (AvgIpc) is 3.11. The number of carboxylic acid groups (broad SMARTS) is 1. The molecule has 1 atom stereocenters. The Morgan fingerprint density at radius 2 is 1.79 bits per heavy atom. The molecule has 6 heteroatoms. The second-order valence-electron chi connectivity index (χ2n) is 8.61. The van der Waals surface area contributed by atoms with Crippen LogP contribution in [0.3, 0.4) is 0 Å². The monoisotopic (exact) mass is 391 g/mol. The number of aromatic carboxylic acids is 1. The first kappa shape index (κ1) is 17.8. The second kappa shape index (κ2) is 6.11. The maximum Gasteiger partial charge on any atom is 0.335 e. The van der Waals surface area contributed by atoms with Crippen LogP contribution in [0, 0.1) is 5.41 Å². The van der Waals surface area contributed by atoms with E-state index in [1.807, 2.05) is 12.1 Å². The lowest BCUT2D eigenvalue weighted by molar-refractivity contribution is -0.118. The molecule has 0 radical (unpaired) electrons. The number of carbonyl (C=O) groups excluding carboxylic acids is 1. The van der Waals surface area contributed by atoms with E-state index in [4.69, 9.17) is 9.47 Å². The molecule has 3 aliphatic rings. The third-order valence-electron chi connectivity index (χ3n) is 5.84. The zero-order valence-electron chi connectivity index (χ0n) is 16.2. The Labute approximate surface area is 168 Å². The molecular weight excluding hydrogens is 370 g/mol. The van der Waals surface area contributed by atoms with Gasteiger partial charge in [0.05, 0.1) is 5.56 Å². The molecule has 0 spiro atoms. The van der Waals surface area contributed by atoms with E-state index in [1.54, 1.807) is 24.3 Å². The minimum atomic E-state index is -0.971. The van der Waals surface area contributed by atoms with Gasteiger partial charge in [-0.05, 0) is 41.2 Å². The minimum absolute atomic E-state index is 0.117. The smallest absolute Gasteiger partial charge is 0.335 e. The van der Waals surface area contributed by atoms with Crippen molar-refractivity contribution in [1.82, 2.24) is 0 Å². The molecule has 6 nitrogen and oxygen atoms in total. The molecule has 0 aromatic heterocycles. The number of carbonyl (C=O) groups is 2. The van der Waals surface area contributed by atoms with Crippen LogP contribution in [-0.2, 0) is 4.79 Å². The van der Waals surface area contributed by atoms with E-state index >= 15 is 0 Å². The van der Waals surface area contributed by atoms with E-state index in [9.17, 15) is 14.7 Å². The molecule has 0 saturated heterocycles. The summed E-state index contributed by atoms with van der Waals surface area (Å²) in [7, 11) is 0. The van der Waals surface area contributed by atoms with Gasteiger partial charge in [0.1, 0.15) is 0 Å². The summed E-state index contributed by atoms with van der Waals surface area (Å²) in [5, 5.41) is 12.7. The summed E-state index contributed by atoms with van der Waals surface area (Å²) < 4.78 is 11.1. The Bertz CT molecular complexity index is 1080. The Balaban J connectivity index is 1.70. The lowest BCUT2D eigenvalue weighted by Crippen LogP contribution is -2.33. The molecule has 2 heterocycles. The maximum absolute atomic E-state index is 13.2. The fraction of sp³-hybridized carbons (Fsp3) is 0.304. The predicted octanol–water partition coefficient (Wildman–Crippen LogP) is 4.31. The number of rotatable bonds is 2. The van der Waals surface area contributed by atoms with Crippen LogP contribution < -0.4 is 14.8 Å². The zero-order chi connectivity index (χ0) is 20.3. The molecule has 1 aliphatic carbocycles. The number of allylic oxidation sites excluding steroid dienone is 2. The van der Waals surface area contributed by atoms with E-state index in [0.29, 0.717) is 17.9 Å². The Hall–Kier alpha value is -3.28. The summed E-state index contributed by atoms with van der Waals surface area (Å²) in [4.78, 5) is 24.5. The van der Waals surface area contributed by atoms with E-state index in [-0.39, 0.29) is 29.5 Å². The number of benzene rings is 2. The molecule has 2 aromatic carbocycles. The van der Waals surface area contributed by atoms with Gasteiger partial charge >= 0.3 is 5.97 Å². The van der Waals surface area contributed by atoms with Crippen molar-refractivity contribution in [3.8, 4) is 11.5 Å². The molecule has 0 saturated carbocycles. The first-order valence-corrected chi connectivity index (χ1v) is 9.62. The van der Waals surface area contributed by atoms with Gasteiger partial charge in [0, 0.05) is 35.4 Å². The summed E-state index contributed by atoms with van der Waals surface area (Å²) in [6.07, 6.45) is 1.25. The Morgan fingerprint density at radius 1 is 1.10 bits per heavy atom. The number of ketones is 1. The SMILES string of the molecule is CC1(C)CC(=O)C2=C(C1)Nc1cc3c(cc1[C@@H]2c1ccc(C(=O)O)cc1)OCO3. The van der Waals surface area contributed by atoms with Gasteiger partial charge in [0.15, 0.2) is 17.3 Å². The number of nitrogens with one attached hydrogen (secondary N) is 1. The van der Waals surface area contributed by atoms with Crippen LogP contribution >= 0.6 is 0 Å². The number of fused-ring (bicyclic) bond motifs is 2. The van der Waals surface area contributed by atoms with Crippen molar-refractivity contribution in [2.75, 3.05) is 12.1 Å². The Morgan fingerprint density at radius 3 is 2.48 bits per heavy atom. The van der Waals surface area contributed by atoms with Crippen molar-refractivity contribution < 1.29 is 24.2 Å². The topological polar surface area (TPSA) is 84.9 Å². The van der Waals surface area contributed by atoms with Crippen LogP contribution in [0.1, 0.15) is 54.1 Å². The Kier molecular flexibility index (Phi) is 3.75. The molecule has 0 fully saturated rings. The first-order chi connectivity index (χ1) is 13.8. The van der Waals surface area contributed by atoms with Gasteiger partial charge in [-0.3, -0.25) is 4.79 Å². The van der Waals surface area contributed by atoms with Gasteiger partial charge in [-0.25, -0.2) is 4.79 Å². The highest BCUT2D eigenvalue weighted by Gasteiger charge is 2.41. The summed E-state index contributed by atoms with van der Waals surface area (Å²) in [6, 6.07) is 10.6. The van der Waals surface area contributed by atoms with E-state index in [0.717, 1.165) is 34.5 Å². The number of hydrogen-bond acceptors (Lipinski definition) is 5. The molecule has 29 heavy (non-hydrogen) atoms. The lowest BCUT2D eigenvalue weighted by Gasteiger charge is -2.39. The summed E-state index contributed by atoms with van der Waals surface area (Å²) >= 11 is 0. The maximum atomic E-state index is 13.2. The highest BCUT2D eigenvalue weighted by Crippen LogP contribution is 2.51. The first-order valence-electron chi connectivity index (χ1n) is 9.62. The van der Waals surface area contributed by atoms with Crippen LogP contribution in [0.4, 0.5) is 5.69 Å². The van der Waals surface area contributed by atoms with Crippen molar-refractivity contribution in [3.05, 3.63) is 64.4 Å². The van der Waals surface area contributed by atoms with Gasteiger partial charge in [-0.15, -0.1) is 0 Å². The third-order valence-corrected chi connectivity index (χ3v) is 5.84. The molecule has 2 aromatic rings. The fourth-order valence-electron chi connectivity index (χ4n) is 4.57. The van der Waals surface area contributed by atoms with Crippen LogP contribution in [0.2, 0.25) is 0 Å². The van der Waals surface area contributed by atoms with Gasteiger partial charge in [0.2, 0.25) is 6.79 Å². The van der Waals surface area contributed by atoms with E-state index in [2.05, 4.69) is 19.2 Å². The average molecular weight is 391 g/mol. The molecule has 5 rings (SSSR count). The summed E-state index contributed by atoms with van der Waals surface area (Å²) in [5.74, 6) is 0.217. The van der Waals surface area contributed by atoms with Crippen molar-refractivity contribution >= 4 is 17.4 Å². The van der Waals surface area contributed by atoms with Crippen LogP contribution in [0.25, 0.3) is 0 Å². The van der Waals surface area contributed by atoms with E-state index < -0.39 is 5.97 Å². The third kappa shape index (κ3) is 2.87. The summed E-state index contributed by atoms with van der Waals surface area (Å²) in [5.41, 5.74) is 4.52. The van der Waals surface area contributed by atoms with Gasteiger partial charge in [0.25, 0.3) is 0 Å². The van der Waals surface area contributed by atoms with E-state index in [1.165, 1.54) is 0 Å². The van der Waals surface area contributed by atoms with Crippen molar-refractivity contribution in [2.24, 2.45) is 5.41 Å². The number of anilines is 1. The quantitative estimate of drug-likeness (QED) is 0.793. The number of hydrogen-bond donors (Lipinski definition) is 2. The predicted molar refractivity (Wildman–Crippen MR) is 106 cm³/mol.